The van der Waals surface area contributed by atoms with Crippen LogP contribution in [0.1, 0.15) is 24.4 Å². The molecule has 2 amide bonds. The number of anilines is 2. The van der Waals surface area contributed by atoms with Crippen molar-refractivity contribution >= 4 is 34.2 Å². The number of halogens is 1. The van der Waals surface area contributed by atoms with Gasteiger partial charge in [-0.25, -0.2) is 9.07 Å². The lowest BCUT2D eigenvalue weighted by Crippen LogP contribution is -2.46. The molecule has 0 bridgehead atoms. The van der Waals surface area contributed by atoms with E-state index in [0.29, 0.717) is 48.6 Å². The highest BCUT2D eigenvalue weighted by Crippen LogP contribution is 2.31. The summed E-state index contributed by atoms with van der Waals surface area (Å²) in [5, 5.41) is 11.4. The Bertz CT molecular complexity index is 1510. The predicted octanol–water partition coefficient (Wildman–Crippen LogP) is 3.48. The Balaban J connectivity index is 1.36. The van der Waals surface area contributed by atoms with Crippen LogP contribution in [-0.4, -0.2) is 72.4 Å². The van der Waals surface area contributed by atoms with Gasteiger partial charge in [-0.3, -0.25) is 14.5 Å². The largest absolute Gasteiger partial charge is 0.378 e. The van der Waals surface area contributed by atoms with E-state index in [4.69, 9.17) is 9.47 Å². The minimum atomic E-state index is -1.03. The van der Waals surface area contributed by atoms with Gasteiger partial charge < -0.3 is 19.7 Å². The number of hydrogen-bond donors (Lipinski definition) is 1. The van der Waals surface area contributed by atoms with E-state index < -0.39 is 17.8 Å². The molecule has 218 valence electrons. The third-order valence-electron chi connectivity index (χ3n) is 7.70. The maximum atomic E-state index is 14.2. The van der Waals surface area contributed by atoms with Gasteiger partial charge in [0.15, 0.2) is 0 Å². The maximum Gasteiger partial charge on any atom is 0.249 e. The van der Waals surface area contributed by atoms with Gasteiger partial charge in [-0.05, 0) is 66.9 Å². The minimum Gasteiger partial charge on any atom is -0.378 e. The van der Waals surface area contributed by atoms with E-state index >= 15 is 0 Å². The summed E-state index contributed by atoms with van der Waals surface area (Å²) in [5.41, 5.74) is 3.37. The summed E-state index contributed by atoms with van der Waals surface area (Å²) in [4.78, 5) is 31.8. The zero-order valence-electron chi connectivity index (χ0n) is 23.2. The lowest BCUT2D eigenvalue weighted by atomic mass is 10.0. The molecule has 2 atom stereocenters. The SMILES string of the molecule is O=C(NC[C@H]1CCCO1)[C@@H](c1ccc(N2CCOCC2)cc1)N(C(=O)Cn1nnc2ccccc21)c1ccc(F)cc1. The quantitative estimate of drug-likeness (QED) is 0.328. The van der Waals surface area contributed by atoms with Gasteiger partial charge in [0, 0.05) is 37.6 Å². The second kappa shape index (κ2) is 12.7. The van der Waals surface area contributed by atoms with Crippen molar-refractivity contribution in [2.45, 2.75) is 31.5 Å². The van der Waals surface area contributed by atoms with Crippen molar-refractivity contribution in [3.8, 4) is 0 Å². The summed E-state index contributed by atoms with van der Waals surface area (Å²) in [6.45, 7) is 3.69. The molecule has 2 aliphatic heterocycles. The summed E-state index contributed by atoms with van der Waals surface area (Å²) in [6, 6.07) is 19.6. The van der Waals surface area contributed by atoms with Crippen molar-refractivity contribution in [3.05, 3.63) is 84.2 Å². The molecule has 1 aromatic heterocycles. The van der Waals surface area contributed by atoms with Crippen molar-refractivity contribution < 1.29 is 23.5 Å². The van der Waals surface area contributed by atoms with Gasteiger partial charge in [-0.2, -0.15) is 0 Å². The van der Waals surface area contributed by atoms with Gasteiger partial charge in [0.05, 0.1) is 24.8 Å². The molecule has 0 aliphatic carbocycles. The predicted molar refractivity (Wildman–Crippen MR) is 156 cm³/mol. The van der Waals surface area contributed by atoms with Crippen LogP contribution >= 0.6 is 0 Å². The second-order valence-electron chi connectivity index (χ2n) is 10.4. The van der Waals surface area contributed by atoms with Crippen LogP contribution in [0.5, 0.6) is 0 Å². The lowest BCUT2D eigenvalue weighted by Gasteiger charge is -2.33. The molecule has 2 aliphatic rings. The number of nitrogens with zero attached hydrogens (tertiary/aromatic N) is 5. The highest BCUT2D eigenvalue weighted by molar-refractivity contribution is 6.01. The van der Waals surface area contributed by atoms with Crippen molar-refractivity contribution in [2.75, 3.05) is 49.3 Å². The molecule has 0 spiro atoms. The van der Waals surface area contributed by atoms with Gasteiger partial charge in [0.1, 0.15) is 23.9 Å². The van der Waals surface area contributed by atoms with E-state index in [1.807, 2.05) is 48.5 Å². The molecule has 10 nitrogen and oxygen atoms in total. The summed E-state index contributed by atoms with van der Waals surface area (Å²) < 4.78 is 26.7. The van der Waals surface area contributed by atoms with Gasteiger partial charge in [-0.15, -0.1) is 5.10 Å². The van der Waals surface area contributed by atoms with E-state index in [1.165, 1.54) is 33.8 Å². The summed E-state index contributed by atoms with van der Waals surface area (Å²) in [6.07, 6.45) is 1.73. The number of aromatic nitrogens is 3. The van der Waals surface area contributed by atoms with Crippen LogP contribution in [-0.2, 0) is 25.6 Å². The number of carbonyl (C=O) groups excluding carboxylic acids is 2. The molecule has 3 heterocycles. The average Bonchev–Trinajstić information content (AvgIpc) is 3.70. The summed E-state index contributed by atoms with van der Waals surface area (Å²) in [7, 11) is 0. The summed E-state index contributed by atoms with van der Waals surface area (Å²) >= 11 is 0. The monoisotopic (exact) mass is 572 g/mol. The van der Waals surface area contributed by atoms with Crippen molar-refractivity contribution in [2.24, 2.45) is 0 Å². The number of ether oxygens (including phenoxy) is 2. The van der Waals surface area contributed by atoms with E-state index in [2.05, 4.69) is 20.5 Å². The molecule has 0 saturated carbocycles. The highest BCUT2D eigenvalue weighted by atomic mass is 19.1. The smallest absolute Gasteiger partial charge is 0.249 e. The van der Waals surface area contributed by atoms with Crippen molar-refractivity contribution in [1.82, 2.24) is 20.3 Å². The Kier molecular flexibility index (Phi) is 8.38. The van der Waals surface area contributed by atoms with Gasteiger partial charge in [-0.1, -0.05) is 29.5 Å². The van der Waals surface area contributed by atoms with Crippen LogP contribution in [0.2, 0.25) is 0 Å². The highest BCUT2D eigenvalue weighted by Gasteiger charge is 2.34. The fourth-order valence-electron chi connectivity index (χ4n) is 5.50. The topological polar surface area (TPSA) is 102 Å². The number of hydrogen-bond acceptors (Lipinski definition) is 7. The molecule has 2 saturated heterocycles. The zero-order valence-corrected chi connectivity index (χ0v) is 23.2. The number of benzene rings is 3. The molecule has 6 rings (SSSR count). The molecular weight excluding hydrogens is 539 g/mol. The Morgan fingerprint density at radius 1 is 1.00 bits per heavy atom. The molecule has 0 radical (unpaired) electrons. The van der Waals surface area contributed by atoms with Crippen LogP contribution in [0.3, 0.4) is 0 Å². The first kappa shape index (κ1) is 27.8. The average molecular weight is 573 g/mol. The number of amides is 2. The van der Waals surface area contributed by atoms with Crippen LogP contribution in [0.4, 0.5) is 15.8 Å². The lowest BCUT2D eigenvalue weighted by molar-refractivity contribution is -0.127. The van der Waals surface area contributed by atoms with E-state index in [9.17, 15) is 14.0 Å². The van der Waals surface area contributed by atoms with Crippen molar-refractivity contribution in [3.63, 3.8) is 0 Å². The first-order valence-corrected chi connectivity index (χ1v) is 14.2. The molecule has 0 unspecified atom stereocenters. The number of rotatable bonds is 9. The standard InChI is InChI=1S/C31H33FN6O4/c32-23-9-13-25(14-10-23)38(29(39)21-37-28-6-2-1-5-27(28)34-35-37)30(31(40)33-20-26-4-3-17-42-26)22-7-11-24(12-8-22)36-15-18-41-19-16-36/h1-2,5-14,26,30H,3-4,15-21H2,(H,33,40)/t26-,30-/m1/s1. The normalized spacial score (nSPS) is 17.7. The van der Waals surface area contributed by atoms with Gasteiger partial charge >= 0.3 is 0 Å². The van der Waals surface area contributed by atoms with E-state index in [0.717, 1.165) is 31.6 Å². The Morgan fingerprint density at radius 3 is 2.50 bits per heavy atom. The van der Waals surface area contributed by atoms with Gasteiger partial charge in [0.25, 0.3) is 0 Å². The summed E-state index contributed by atoms with van der Waals surface area (Å²) in [5.74, 6) is -1.19. The minimum absolute atomic E-state index is 0.0743. The molecule has 11 heteroatoms. The van der Waals surface area contributed by atoms with Crippen molar-refractivity contribution in [1.29, 1.82) is 0 Å². The molecule has 2 fully saturated rings. The van der Waals surface area contributed by atoms with E-state index in [1.54, 1.807) is 0 Å². The van der Waals surface area contributed by atoms with Crippen LogP contribution in [0.15, 0.2) is 72.8 Å². The first-order chi connectivity index (χ1) is 20.6. The van der Waals surface area contributed by atoms with Crippen LogP contribution in [0, 0.1) is 5.82 Å². The first-order valence-electron chi connectivity index (χ1n) is 14.2. The van der Waals surface area contributed by atoms with E-state index in [-0.39, 0.29) is 18.6 Å². The Labute approximate surface area is 243 Å². The number of morpholine rings is 1. The Hall–Kier alpha value is -4.35. The molecule has 1 N–H and O–H groups in total. The third kappa shape index (κ3) is 6.12. The Morgan fingerprint density at radius 2 is 1.76 bits per heavy atom. The fourth-order valence-corrected chi connectivity index (χ4v) is 5.50. The molecular formula is C31H33FN6O4. The number of carbonyl (C=O) groups is 2. The molecule has 3 aromatic carbocycles. The second-order valence-corrected chi connectivity index (χ2v) is 10.4. The fraction of sp³-hybridized carbons (Fsp3) is 0.355. The van der Waals surface area contributed by atoms with Crippen LogP contribution < -0.4 is 15.1 Å². The third-order valence-corrected chi connectivity index (χ3v) is 7.70. The number of para-hydroxylation sites is 1. The van der Waals surface area contributed by atoms with Gasteiger partial charge in [0.2, 0.25) is 11.8 Å². The number of fused-ring (bicyclic) bond motifs is 1. The number of nitrogens with one attached hydrogen (secondary N) is 1. The molecule has 42 heavy (non-hydrogen) atoms. The molecule has 4 aromatic rings. The van der Waals surface area contributed by atoms with Crippen LogP contribution in [0.25, 0.3) is 11.0 Å². The maximum absolute atomic E-state index is 14.2. The zero-order chi connectivity index (χ0) is 28.9.